The van der Waals surface area contributed by atoms with Gasteiger partial charge < -0.3 is 10.6 Å². The molecule has 0 spiro atoms. The minimum Gasteiger partial charge on any atom is -0.348 e. The Morgan fingerprint density at radius 1 is 1.07 bits per heavy atom. The second-order valence-corrected chi connectivity index (χ2v) is 7.08. The molecular weight excluding hydrogens is 376 g/mol. The van der Waals surface area contributed by atoms with Crippen molar-refractivity contribution < 1.29 is 9.59 Å². The summed E-state index contributed by atoms with van der Waals surface area (Å²) < 4.78 is 1.54. The second-order valence-electron chi connectivity index (χ2n) is 5.91. The zero-order chi connectivity index (χ0) is 19.8. The number of hydrogen-bond donors (Lipinski definition) is 2. The molecule has 0 atom stereocenters. The van der Waals surface area contributed by atoms with Crippen molar-refractivity contribution in [3.05, 3.63) is 60.4 Å². The van der Waals surface area contributed by atoms with Crippen LogP contribution in [0.3, 0.4) is 0 Å². The van der Waals surface area contributed by atoms with E-state index in [1.807, 2.05) is 36.4 Å². The molecule has 3 aromatic rings. The highest BCUT2D eigenvalue weighted by Crippen LogP contribution is 2.17. The lowest BCUT2D eigenvalue weighted by Crippen LogP contribution is -2.36. The molecule has 0 fully saturated rings. The molecule has 28 heavy (non-hydrogen) atoms. The number of nitrogens with zero attached hydrogens (tertiary/aromatic N) is 4. The maximum absolute atomic E-state index is 12.1. The Kier molecular flexibility index (Phi) is 6.74. The molecule has 0 unspecified atom stereocenters. The van der Waals surface area contributed by atoms with Crippen LogP contribution < -0.4 is 10.6 Å². The summed E-state index contributed by atoms with van der Waals surface area (Å²) in [6.07, 6.45) is 0.770. The number of thioether (sulfide) groups is 1. The van der Waals surface area contributed by atoms with E-state index in [1.165, 1.54) is 4.90 Å². The standard InChI is InChI=1S/C19H20N6O2S/c1-14-22-23-24-25(14)16-8-5-7-15(13-16)21-19(27)18(26)20-11-6-12-28-17-9-3-2-4-10-17/h2-5,7-10,13H,6,11-12H2,1H3,(H,20,26)(H,21,27). The molecule has 144 valence electrons. The van der Waals surface area contributed by atoms with Gasteiger partial charge in [-0.3, -0.25) is 9.59 Å². The van der Waals surface area contributed by atoms with Crippen LogP contribution >= 0.6 is 11.8 Å². The predicted octanol–water partition coefficient (Wildman–Crippen LogP) is 2.21. The third kappa shape index (κ3) is 5.40. The summed E-state index contributed by atoms with van der Waals surface area (Å²) in [6.45, 7) is 2.21. The van der Waals surface area contributed by atoms with E-state index in [4.69, 9.17) is 0 Å². The van der Waals surface area contributed by atoms with Gasteiger partial charge in [0.1, 0.15) is 0 Å². The van der Waals surface area contributed by atoms with E-state index in [9.17, 15) is 9.59 Å². The van der Waals surface area contributed by atoms with Crippen LogP contribution in [0.5, 0.6) is 0 Å². The number of aromatic nitrogens is 4. The normalized spacial score (nSPS) is 10.5. The van der Waals surface area contributed by atoms with Gasteiger partial charge >= 0.3 is 11.8 Å². The largest absolute Gasteiger partial charge is 0.348 e. The van der Waals surface area contributed by atoms with E-state index in [0.717, 1.165) is 12.2 Å². The number of anilines is 1. The second kappa shape index (κ2) is 9.65. The van der Waals surface area contributed by atoms with Gasteiger partial charge in [-0.1, -0.05) is 24.3 Å². The number of aryl methyl sites for hydroxylation is 1. The van der Waals surface area contributed by atoms with E-state index < -0.39 is 11.8 Å². The minimum atomic E-state index is -0.707. The molecule has 8 nitrogen and oxygen atoms in total. The Labute approximate surface area is 166 Å². The number of rotatable bonds is 7. The Balaban J connectivity index is 1.44. The fourth-order valence-corrected chi connectivity index (χ4v) is 3.31. The molecule has 0 bridgehead atoms. The molecule has 9 heteroatoms. The fourth-order valence-electron chi connectivity index (χ4n) is 2.43. The molecule has 1 aromatic heterocycles. The molecule has 3 rings (SSSR count). The summed E-state index contributed by atoms with van der Waals surface area (Å²) in [5.41, 5.74) is 1.19. The van der Waals surface area contributed by atoms with Gasteiger partial charge in [0.25, 0.3) is 0 Å². The number of carbonyl (C=O) groups is 2. The molecule has 0 aliphatic heterocycles. The van der Waals surface area contributed by atoms with Crippen molar-refractivity contribution in [1.82, 2.24) is 25.5 Å². The van der Waals surface area contributed by atoms with Gasteiger partial charge in [0, 0.05) is 17.1 Å². The Hall–Kier alpha value is -3.20. The molecule has 0 saturated carbocycles. The molecule has 1 heterocycles. The van der Waals surface area contributed by atoms with Crippen LogP contribution in [0.2, 0.25) is 0 Å². The first-order valence-corrected chi connectivity index (χ1v) is 9.74. The molecule has 2 aromatic carbocycles. The van der Waals surface area contributed by atoms with Crippen molar-refractivity contribution in [3.8, 4) is 5.69 Å². The molecule has 0 saturated heterocycles. The first-order chi connectivity index (χ1) is 13.6. The molecule has 2 amide bonds. The van der Waals surface area contributed by atoms with Crippen molar-refractivity contribution >= 4 is 29.3 Å². The highest BCUT2D eigenvalue weighted by atomic mass is 32.2. The number of hydrogen-bond acceptors (Lipinski definition) is 6. The van der Waals surface area contributed by atoms with Gasteiger partial charge in [-0.25, -0.2) is 0 Å². The molecule has 0 radical (unpaired) electrons. The third-order valence-electron chi connectivity index (χ3n) is 3.80. The smallest absolute Gasteiger partial charge is 0.313 e. The van der Waals surface area contributed by atoms with Crippen molar-refractivity contribution in [2.45, 2.75) is 18.2 Å². The van der Waals surface area contributed by atoms with Gasteiger partial charge in [-0.15, -0.1) is 16.9 Å². The van der Waals surface area contributed by atoms with Crippen LogP contribution in [-0.4, -0.2) is 44.3 Å². The van der Waals surface area contributed by atoms with E-state index in [-0.39, 0.29) is 0 Å². The van der Waals surface area contributed by atoms with Crippen LogP contribution in [0.15, 0.2) is 59.5 Å². The zero-order valence-electron chi connectivity index (χ0n) is 15.3. The predicted molar refractivity (Wildman–Crippen MR) is 107 cm³/mol. The van der Waals surface area contributed by atoms with Gasteiger partial charge in [0.2, 0.25) is 0 Å². The lowest BCUT2D eigenvalue weighted by molar-refractivity contribution is -0.136. The maximum atomic E-state index is 12.1. The summed E-state index contributed by atoms with van der Waals surface area (Å²) in [7, 11) is 0. The third-order valence-corrected chi connectivity index (χ3v) is 4.90. The first kappa shape index (κ1) is 19.6. The highest BCUT2D eigenvalue weighted by molar-refractivity contribution is 7.99. The van der Waals surface area contributed by atoms with E-state index >= 15 is 0 Å². The van der Waals surface area contributed by atoms with Crippen LogP contribution in [-0.2, 0) is 9.59 Å². The monoisotopic (exact) mass is 396 g/mol. The topological polar surface area (TPSA) is 102 Å². The summed E-state index contributed by atoms with van der Waals surface area (Å²) >= 11 is 1.71. The minimum absolute atomic E-state index is 0.440. The average Bonchev–Trinajstić information content (AvgIpc) is 3.14. The highest BCUT2D eigenvalue weighted by Gasteiger charge is 2.13. The van der Waals surface area contributed by atoms with Crippen LogP contribution in [0.25, 0.3) is 5.69 Å². The van der Waals surface area contributed by atoms with Crippen LogP contribution in [0, 0.1) is 6.92 Å². The van der Waals surface area contributed by atoms with Crippen molar-refractivity contribution in [1.29, 1.82) is 0 Å². The van der Waals surface area contributed by atoms with Crippen molar-refractivity contribution in [2.75, 3.05) is 17.6 Å². The number of benzene rings is 2. The fraction of sp³-hybridized carbons (Fsp3) is 0.211. The van der Waals surface area contributed by atoms with Crippen molar-refractivity contribution in [2.24, 2.45) is 0 Å². The quantitative estimate of drug-likeness (QED) is 0.361. The summed E-state index contributed by atoms with van der Waals surface area (Å²) in [5, 5.41) is 16.5. The van der Waals surface area contributed by atoms with Crippen LogP contribution in [0.4, 0.5) is 5.69 Å². The number of nitrogens with one attached hydrogen (secondary N) is 2. The molecule has 0 aliphatic rings. The lowest BCUT2D eigenvalue weighted by Gasteiger charge is -2.08. The van der Waals surface area contributed by atoms with Crippen LogP contribution in [0.1, 0.15) is 12.2 Å². The maximum Gasteiger partial charge on any atom is 0.313 e. The number of tetrazole rings is 1. The van der Waals surface area contributed by atoms with Crippen molar-refractivity contribution in [3.63, 3.8) is 0 Å². The summed E-state index contributed by atoms with van der Waals surface area (Å²) in [6, 6.07) is 17.0. The Bertz CT molecular complexity index is 944. The number of amides is 2. The van der Waals surface area contributed by atoms with E-state index in [2.05, 4.69) is 26.2 Å². The Morgan fingerprint density at radius 3 is 2.64 bits per heavy atom. The van der Waals surface area contributed by atoms with E-state index in [1.54, 1.807) is 41.6 Å². The van der Waals surface area contributed by atoms with Gasteiger partial charge in [-0.05, 0) is 59.9 Å². The molecule has 2 N–H and O–H groups in total. The first-order valence-electron chi connectivity index (χ1n) is 8.76. The molecular formula is C19H20N6O2S. The Morgan fingerprint density at radius 2 is 1.89 bits per heavy atom. The number of carbonyl (C=O) groups excluding carboxylic acids is 2. The summed E-state index contributed by atoms with van der Waals surface area (Å²) in [5.74, 6) is 0.115. The SMILES string of the molecule is Cc1nnnn1-c1cccc(NC(=O)C(=O)NCCCSc2ccccc2)c1. The van der Waals surface area contributed by atoms with Gasteiger partial charge in [0.05, 0.1) is 5.69 Å². The van der Waals surface area contributed by atoms with E-state index in [0.29, 0.717) is 23.7 Å². The lowest BCUT2D eigenvalue weighted by atomic mass is 10.2. The van der Waals surface area contributed by atoms with Gasteiger partial charge in [0.15, 0.2) is 5.82 Å². The average molecular weight is 396 g/mol. The zero-order valence-corrected chi connectivity index (χ0v) is 16.1. The molecule has 0 aliphatic carbocycles. The van der Waals surface area contributed by atoms with Gasteiger partial charge in [-0.2, -0.15) is 4.68 Å². The summed E-state index contributed by atoms with van der Waals surface area (Å²) in [4.78, 5) is 25.3.